The standard InChI is InChI=1S/C14H28N2O/c1-3-15-13-4-5-14(10-13)16-8-6-12(7-9-16)11-17-2/h12-15H,3-11H2,1-2H3. The first kappa shape index (κ1) is 13.3. The van der Waals surface area contributed by atoms with E-state index in [-0.39, 0.29) is 0 Å². The average Bonchev–Trinajstić information content (AvgIpc) is 2.80. The van der Waals surface area contributed by atoms with Crippen molar-refractivity contribution in [3.8, 4) is 0 Å². The van der Waals surface area contributed by atoms with E-state index in [9.17, 15) is 0 Å². The first-order valence-electron chi connectivity index (χ1n) is 7.29. The highest BCUT2D eigenvalue weighted by atomic mass is 16.5. The molecule has 1 saturated carbocycles. The Bertz CT molecular complexity index is 214. The van der Waals surface area contributed by atoms with Crippen LogP contribution in [0.2, 0.25) is 0 Å². The molecule has 3 nitrogen and oxygen atoms in total. The van der Waals surface area contributed by atoms with E-state index in [0.29, 0.717) is 0 Å². The predicted molar refractivity (Wildman–Crippen MR) is 71.3 cm³/mol. The third-order valence-electron chi connectivity index (χ3n) is 4.47. The van der Waals surface area contributed by atoms with E-state index < -0.39 is 0 Å². The smallest absolute Gasteiger partial charge is 0.0491 e. The molecule has 100 valence electrons. The van der Waals surface area contributed by atoms with Crippen molar-refractivity contribution in [2.45, 2.75) is 51.1 Å². The van der Waals surface area contributed by atoms with Gasteiger partial charge < -0.3 is 15.0 Å². The summed E-state index contributed by atoms with van der Waals surface area (Å²) in [5.74, 6) is 0.808. The molecule has 1 N–H and O–H groups in total. The quantitative estimate of drug-likeness (QED) is 0.794. The van der Waals surface area contributed by atoms with Crippen molar-refractivity contribution >= 4 is 0 Å². The van der Waals surface area contributed by atoms with Crippen LogP contribution in [0.25, 0.3) is 0 Å². The summed E-state index contributed by atoms with van der Waals surface area (Å²) in [6.45, 7) is 6.87. The van der Waals surface area contributed by atoms with E-state index in [4.69, 9.17) is 4.74 Å². The van der Waals surface area contributed by atoms with Crippen LogP contribution < -0.4 is 5.32 Å². The zero-order chi connectivity index (χ0) is 12.1. The molecule has 0 radical (unpaired) electrons. The van der Waals surface area contributed by atoms with Crippen LogP contribution >= 0.6 is 0 Å². The first-order chi connectivity index (χ1) is 8.33. The van der Waals surface area contributed by atoms with Crippen LogP contribution in [0.1, 0.15) is 39.0 Å². The van der Waals surface area contributed by atoms with E-state index in [1.54, 1.807) is 0 Å². The second-order valence-electron chi connectivity index (χ2n) is 5.66. The second-order valence-corrected chi connectivity index (χ2v) is 5.66. The molecule has 2 rings (SSSR count). The lowest BCUT2D eigenvalue weighted by Crippen LogP contribution is -2.41. The molecule has 2 unspecified atom stereocenters. The molecule has 2 aliphatic rings. The van der Waals surface area contributed by atoms with Crippen LogP contribution in [-0.2, 0) is 4.74 Å². The van der Waals surface area contributed by atoms with E-state index in [1.807, 2.05) is 7.11 Å². The van der Waals surface area contributed by atoms with E-state index in [1.165, 1.54) is 45.2 Å². The van der Waals surface area contributed by atoms with Gasteiger partial charge >= 0.3 is 0 Å². The van der Waals surface area contributed by atoms with Crippen LogP contribution in [0.15, 0.2) is 0 Å². The van der Waals surface area contributed by atoms with Crippen molar-refractivity contribution in [2.75, 3.05) is 33.4 Å². The van der Waals surface area contributed by atoms with Gasteiger partial charge in [-0.3, -0.25) is 0 Å². The Morgan fingerprint density at radius 3 is 2.59 bits per heavy atom. The lowest BCUT2D eigenvalue weighted by molar-refractivity contribution is 0.0802. The summed E-state index contributed by atoms with van der Waals surface area (Å²) < 4.78 is 5.26. The van der Waals surface area contributed by atoms with Gasteiger partial charge in [-0.15, -0.1) is 0 Å². The maximum Gasteiger partial charge on any atom is 0.0491 e. The fourth-order valence-electron chi connectivity index (χ4n) is 3.48. The van der Waals surface area contributed by atoms with Crippen LogP contribution in [0.5, 0.6) is 0 Å². The molecule has 0 aromatic heterocycles. The molecule has 17 heavy (non-hydrogen) atoms. The Labute approximate surface area is 106 Å². The highest BCUT2D eigenvalue weighted by Gasteiger charge is 2.31. The molecule has 1 aliphatic heterocycles. The van der Waals surface area contributed by atoms with Crippen molar-refractivity contribution in [3.63, 3.8) is 0 Å². The Kier molecular flexibility index (Phi) is 5.26. The third kappa shape index (κ3) is 3.67. The molecule has 1 aliphatic carbocycles. The van der Waals surface area contributed by atoms with E-state index in [2.05, 4.69) is 17.1 Å². The highest BCUT2D eigenvalue weighted by molar-refractivity contribution is 4.88. The number of likely N-dealkylation sites (tertiary alicyclic amines) is 1. The molecule has 0 aromatic carbocycles. The Morgan fingerprint density at radius 1 is 1.18 bits per heavy atom. The van der Waals surface area contributed by atoms with E-state index in [0.717, 1.165) is 31.2 Å². The van der Waals surface area contributed by atoms with Gasteiger partial charge in [0.15, 0.2) is 0 Å². The van der Waals surface area contributed by atoms with Gasteiger partial charge in [0.1, 0.15) is 0 Å². The summed E-state index contributed by atoms with van der Waals surface area (Å²) in [5.41, 5.74) is 0. The molecule has 1 heterocycles. The largest absolute Gasteiger partial charge is 0.384 e. The van der Waals surface area contributed by atoms with Gasteiger partial charge in [-0.25, -0.2) is 0 Å². The van der Waals surface area contributed by atoms with Crippen LogP contribution in [0, 0.1) is 5.92 Å². The maximum absolute atomic E-state index is 5.26. The van der Waals surface area contributed by atoms with Crippen LogP contribution in [-0.4, -0.2) is 50.3 Å². The first-order valence-corrected chi connectivity index (χ1v) is 7.29. The van der Waals surface area contributed by atoms with Crippen molar-refractivity contribution < 1.29 is 4.74 Å². The van der Waals surface area contributed by atoms with Crippen LogP contribution in [0.4, 0.5) is 0 Å². The van der Waals surface area contributed by atoms with Gasteiger partial charge in [0.25, 0.3) is 0 Å². The Morgan fingerprint density at radius 2 is 1.94 bits per heavy atom. The van der Waals surface area contributed by atoms with E-state index >= 15 is 0 Å². The van der Waals surface area contributed by atoms with Gasteiger partial charge in [0, 0.05) is 25.8 Å². The number of rotatable bonds is 5. The Balaban J connectivity index is 1.70. The fraction of sp³-hybridized carbons (Fsp3) is 1.00. The lowest BCUT2D eigenvalue weighted by atomic mass is 9.96. The number of methoxy groups -OCH3 is 1. The molecule has 0 bridgehead atoms. The maximum atomic E-state index is 5.26. The lowest BCUT2D eigenvalue weighted by Gasteiger charge is -2.35. The van der Waals surface area contributed by atoms with Gasteiger partial charge in [-0.1, -0.05) is 6.92 Å². The van der Waals surface area contributed by atoms with Gasteiger partial charge in [0.05, 0.1) is 0 Å². The van der Waals surface area contributed by atoms with Gasteiger partial charge in [-0.2, -0.15) is 0 Å². The van der Waals surface area contributed by atoms with Crippen molar-refractivity contribution in [1.82, 2.24) is 10.2 Å². The molecular weight excluding hydrogens is 212 g/mol. The predicted octanol–water partition coefficient (Wildman–Crippen LogP) is 1.88. The van der Waals surface area contributed by atoms with Crippen molar-refractivity contribution in [3.05, 3.63) is 0 Å². The number of ether oxygens (including phenoxy) is 1. The van der Waals surface area contributed by atoms with Crippen molar-refractivity contribution in [2.24, 2.45) is 5.92 Å². The molecular formula is C14H28N2O. The minimum absolute atomic E-state index is 0.779. The van der Waals surface area contributed by atoms with Gasteiger partial charge in [0.2, 0.25) is 0 Å². The van der Waals surface area contributed by atoms with Gasteiger partial charge in [-0.05, 0) is 57.7 Å². The summed E-state index contributed by atoms with van der Waals surface area (Å²) in [7, 11) is 1.82. The second kappa shape index (κ2) is 6.72. The highest BCUT2D eigenvalue weighted by Crippen LogP contribution is 2.28. The molecule has 0 spiro atoms. The fourth-order valence-corrected chi connectivity index (χ4v) is 3.48. The Hall–Kier alpha value is -0.120. The zero-order valence-electron chi connectivity index (χ0n) is 11.5. The number of nitrogens with zero attached hydrogens (tertiary/aromatic N) is 1. The average molecular weight is 240 g/mol. The zero-order valence-corrected chi connectivity index (χ0v) is 11.5. The molecule has 2 atom stereocenters. The molecule has 0 amide bonds. The number of piperidine rings is 1. The summed E-state index contributed by atoms with van der Waals surface area (Å²) in [6, 6.07) is 1.63. The molecule has 0 aromatic rings. The molecule has 1 saturated heterocycles. The number of hydrogen-bond acceptors (Lipinski definition) is 3. The summed E-state index contributed by atoms with van der Waals surface area (Å²) >= 11 is 0. The minimum Gasteiger partial charge on any atom is -0.384 e. The number of hydrogen-bond donors (Lipinski definition) is 1. The monoisotopic (exact) mass is 240 g/mol. The summed E-state index contributed by atoms with van der Waals surface area (Å²) in [5, 5.41) is 3.60. The minimum atomic E-state index is 0.779. The normalized spacial score (nSPS) is 32.1. The summed E-state index contributed by atoms with van der Waals surface area (Å²) in [4.78, 5) is 2.73. The van der Waals surface area contributed by atoms with Crippen LogP contribution in [0.3, 0.4) is 0 Å². The molecule has 2 fully saturated rings. The number of nitrogens with one attached hydrogen (secondary N) is 1. The SMILES string of the molecule is CCNC1CCC(N2CCC(COC)CC2)C1. The topological polar surface area (TPSA) is 24.5 Å². The third-order valence-corrected chi connectivity index (χ3v) is 4.47. The molecule has 3 heteroatoms. The van der Waals surface area contributed by atoms with Crippen molar-refractivity contribution in [1.29, 1.82) is 0 Å². The summed E-state index contributed by atoms with van der Waals surface area (Å²) in [6.07, 6.45) is 6.79.